The predicted octanol–water partition coefficient (Wildman–Crippen LogP) is 2.56. The molecule has 1 aromatic carbocycles. The second-order valence-corrected chi connectivity index (χ2v) is 8.16. The number of benzene rings is 1. The number of hydrogen-bond donors (Lipinski definition) is 3. The largest absolute Gasteiger partial charge is 0.389 e. The minimum absolute atomic E-state index is 0.0686. The summed E-state index contributed by atoms with van der Waals surface area (Å²) in [6.07, 6.45) is 1.38. The first-order valence-corrected chi connectivity index (χ1v) is 10.2. The highest BCUT2D eigenvalue weighted by Gasteiger charge is 2.35. The number of alkyl halides is 2. The van der Waals surface area contributed by atoms with Crippen LogP contribution in [0.2, 0.25) is 0 Å². The van der Waals surface area contributed by atoms with Gasteiger partial charge < -0.3 is 21.3 Å². The Morgan fingerprint density at radius 3 is 2.90 bits per heavy atom. The van der Waals surface area contributed by atoms with Crippen molar-refractivity contribution in [1.29, 1.82) is 0 Å². The Morgan fingerprint density at radius 1 is 1.35 bits per heavy atom. The summed E-state index contributed by atoms with van der Waals surface area (Å²) in [6.45, 7) is -0.261. The summed E-state index contributed by atoms with van der Waals surface area (Å²) in [5, 5.41) is 9.84. The Bertz CT molecular complexity index is 1110. The lowest BCUT2D eigenvalue weighted by Crippen LogP contribution is -2.39. The van der Waals surface area contributed by atoms with Gasteiger partial charge in [0.1, 0.15) is 21.5 Å². The van der Waals surface area contributed by atoms with Crippen LogP contribution in [-0.2, 0) is 7.05 Å². The molecule has 8 nitrogen and oxygen atoms in total. The van der Waals surface area contributed by atoms with E-state index in [4.69, 9.17) is 5.73 Å². The number of rotatable bonds is 4. The quantitative estimate of drug-likeness (QED) is 0.564. The Kier molecular flexibility index (Phi) is 5.58. The number of nitrogens with two attached hydrogens (primary N) is 1. The van der Waals surface area contributed by atoms with E-state index in [9.17, 15) is 18.0 Å². The third-order valence-corrected chi connectivity index (χ3v) is 5.71. The molecular weight excluding hydrogens is 431 g/mol. The van der Waals surface area contributed by atoms with Gasteiger partial charge in [0.25, 0.3) is 11.8 Å². The van der Waals surface area contributed by atoms with Crippen LogP contribution in [0.4, 0.5) is 29.7 Å². The highest BCUT2D eigenvalue weighted by molar-refractivity contribution is 7.19. The van der Waals surface area contributed by atoms with Gasteiger partial charge in [0.15, 0.2) is 11.5 Å². The average Bonchev–Trinajstić information content (AvgIpc) is 3.21. The number of anilines is 3. The second kappa shape index (κ2) is 8.19. The molecule has 3 aromatic rings. The lowest BCUT2D eigenvalue weighted by Gasteiger charge is -2.26. The van der Waals surface area contributed by atoms with Gasteiger partial charge >= 0.3 is 0 Å². The number of nitrogen functional groups attached to an aromatic ring is 1. The van der Waals surface area contributed by atoms with Gasteiger partial charge in [-0.2, -0.15) is 5.10 Å². The van der Waals surface area contributed by atoms with Gasteiger partial charge in [-0.3, -0.25) is 9.48 Å². The first-order valence-electron chi connectivity index (χ1n) is 9.43. The van der Waals surface area contributed by atoms with Gasteiger partial charge in [0.05, 0.1) is 19.3 Å². The van der Waals surface area contributed by atoms with E-state index in [0.29, 0.717) is 18.9 Å². The van der Waals surface area contributed by atoms with E-state index in [-0.39, 0.29) is 27.0 Å². The van der Waals surface area contributed by atoms with Crippen molar-refractivity contribution in [1.82, 2.24) is 20.1 Å². The molecule has 0 aliphatic carbocycles. The maximum absolute atomic E-state index is 14.1. The first kappa shape index (κ1) is 21.1. The summed E-state index contributed by atoms with van der Waals surface area (Å²) < 4.78 is 43.6. The second-order valence-electron chi connectivity index (χ2n) is 7.13. The zero-order valence-electron chi connectivity index (χ0n) is 16.5. The molecule has 3 heterocycles. The van der Waals surface area contributed by atoms with Crippen molar-refractivity contribution in [2.75, 3.05) is 42.1 Å². The molecule has 0 atom stereocenters. The normalized spacial score (nSPS) is 16.2. The fourth-order valence-electron chi connectivity index (χ4n) is 3.40. The number of nitrogens with zero attached hydrogens (tertiary/aromatic N) is 4. The van der Waals surface area contributed by atoms with Crippen molar-refractivity contribution in [3.05, 3.63) is 42.0 Å². The minimum atomic E-state index is -2.93. The van der Waals surface area contributed by atoms with E-state index in [0.717, 1.165) is 11.3 Å². The highest BCUT2D eigenvalue weighted by atomic mass is 32.1. The van der Waals surface area contributed by atoms with Gasteiger partial charge in [-0.25, -0.2) is 18.2 Å². The van der Waals surface area contributed by atoms with Crippen molar-refractivity contribution in [3.8, 4) is 10.6 Å². The van der Waals surface area contributed by atoms with Gasteiger partial charge in [-0.15, -0.1) is 0 Å². The van der Waals surface area contributed by atoms with Crippen molar-refractivity contribution >= 4 is 33.8 Å². The lowest BCUT2D eigenvalue weighted by molar-refractivity contribution is 0.0155. The third kappa shape index (κ3) is 4.35. The number of carbonyl (C=O) groups excluding carboxylic acids is 1. The molecule has 0 radical (unpaired) electrons. The van der Waals surface area contributed by atoms with Crippen LogP contribution >= 0.6 is 11.3 Å². The van der Waals surface area contributed by atoms with Crippen LogP contribution in [0.25, 0.3) is 10.6 Å². The number of aryl methyl sites for hydroxylation is 1. The zero-order chi connectivity index (χ0) is 22.2. The molecular formula is C19H20F3N7OS. The maximum atomic E-state index is 14.1. The molecule has 0 bridgehead atoms. The molecule has 1 amide bonds. The molecule has 1 aliphatic heterocycles. The molecule has 12 heteroatoms. The SMILES string of the molecule is Cn1ncc(NC(=O)c2nc(-c3ccccc3F)sc2N)c1N1CCNCC(F)(F)C1. The Labute approximate surface area is 179 Å². The Morgan fingerprint density at radius 2 is 2.13 bits per heavy atom. The van der Waals surface area contributed by atoms with Crippen LogP contribution in [0.1, 0.15) is 10.5 Å². The van der Waals surface area contributed by atoms with Crippen LogP contribution in [0.5, 0.6) is 0 Å². The minimum Gasteiger partial charge on any atom is -0.389 e. The van der Waals surface area contributed by atoms with Gasteiger partial charge in [-0.1, -0.05) is 23.5 Å². The van der Waals surface area contributed by atoms with E-state index in [1.807, 2.05) is 0 Å². The van der Waals surface area contributed by atoms with Crippen LogP contribution in [-0.4, -0.2) is 52.8 Å². The molecule has 1 saturated heterocycles. The van der Waals surface area contributed by atoms with E-state index in [1.54, 1.807) is 25.2 Å². The standard InChI is InChI=1S/C19H20F3N7OS/c1-28-18(29-7-6-24-9-19(21,22)10-29)13(8-25-28)26-16(30)14-15(23)31-17(27-14)11-4-2-3-5-12(11)20/h2-5,8,24H,6-7,9-10,23H2,1H3,(H,26,30). The average molecular weight is 451 g/mol. The van der Waals surface area contributed by atoms with Crippen LogP contribution in [0, 0.1) is 5.82 Å². The van der Waals surface area contributed by atoms with Crippen molar-refractivity contribution in [2.24, 2.45) is 7.05 Å². The van der Waals surface area contributed by atoms with E-state index >= 15 is 0 Å². The molecule has 2 aromatic heterocycles. The Hall–Kier alpha value is -3.12. The van der Waals surface area contributed by atoms with E-state index < -0.39 is 30.7 Å². The predicted molar refractivity (Wildman–Crippen MR) is 113 cm³/mol. The fourth-order valence-corrected chi connectivity index (χ4v) is 4.26. The summed E-state index contributed by atoms with van der Waals surface area (Å²) in [5.74, 6) is -3.70. The molecule has 31 heavy (non-hydrogen) atoms. The van der Waals surface area contributed by atoms with Crippen LogP contribution < -0.4 is 21.3 Å². The summed E-state index contributed by atoms with van der Waals surface area (Å²) in [7, 11) is 1.61. The topological polar surface area (TPSA) is 101 Å². The van der Waals surface area contributed by atoms with Crippen molar-refractivity contribution in [3.63, 3.8) is 0 Å². The molecule has 4 N–H and O–H groups in total. The number of aromatic nitrogens is 3. The highest BCUT2D eigenvalue weighted by Crippen LogP contribution is 2.33. The number of thiazole rings is 1. The monoisotopic (exact) mass is 451 g/mol. The molecule has 0 spiro atoms. The maximum Gasteiger partial charge on any atom is 0.277 e. The van der Waals surface area contributed by atoms with Crippen LogP contribution in [0.3, 0.4) is 0 Å². The molecule has 0 saturated carbocycles. The third-order valence-electron chi connectivity index (χ3n) is 4.79. The summed E-state index contributed by atoms with van der Waals surface area (Å²) >= 11 is 0.988. The van der Waals surface area contributed by atoms with Gasteiger partial charge in [0.2, 0.25) is 0 Å². The smallest absolute Gasteiger partial charge is 0.277 e. The van der Waals surface area contributed by atoms with E-state index in [2.05, 4.69) is 20.7 Å². The molecule has 0 unspecified atom stereocenters. The zero-order valence-corrected chi connectivity index (χ0v) is 17.3. The number of amides is 1. The molecule has 1 aliphatic rings. The molecule has 1 fully saturated rings. The Balaban J connectivity index is 1.60. The number of carbonyl (C=O) groups is 1. The van der Waals surface area contributed by atoms with Crippen molar-refractivity contribution < 1.29 is 18.0 Å². The number of hydrogen-bond acceptors (Lipinski definition) is 7. The summed E-state index contributed by atoms with van der Waals surface area (Å²) in [5.41, 5.74) is 6.38. The fraction of sp³-hybridized carbons (Fsp3) is 0.316. The van der Waals surface area contributed by atoms with Gasteiger partial charge in [0, 0.05) is 25.7 Å². The molecule has 4 rings (SSSR count). The van der Waals surface area contributed by atoms with Crippen LogP contribution in [0.15, 0.2) is 30.5 Å². The summed E-state index contributed by atoms with van der Waals surface area (Å²) in [4.78, 5) is 18.5. The number of nitrogens with one attached hydrogen (secondary N) is 2. The van der Waals surface area contributed by atoms with Crippen molar-refractivity contribution in [2.45, 2.75) is 5.92 Å². The first-order chi connectivity index (χ1) is 14.7. The number of halogens is 3. The van der Waals surface area contributed by atoms with Gasteiger partial charge in [-0.05, 0) is 12.1 Å². The lowest BCUT2D eigenvalue weighted by atomic mass is 10.2. The summed E-state index contributed by atoms with van der Waals surface area (Å²) in [6, 6.07) is 6.04. The van der Waals surface area contributed by atoms with E-state index in [1.165, 1.54) is 21.8 Å². The molecule has 164 valence electrons.